The van der Waals surface area contributed by atoms with Gasteiger partial charge in [0, 0.05) is 74.8 Å². The Labute approximate surface area is 400 Å². The number of rotatable bonds is 11. The normalized spacial score (nSPS) is 20.9. The molecule has 3 N–H and O–H groups in total. The van der Waals surface area contributed by atoms with Gasteiger partial charge in [-0.3, -0.25) is 34.0 Å². The molecule has 6 bridgehead atoms. The number of carbonyl (C=O) groups is 5. The van der Waals surface area contributed by atoms with Crippen LogP contribution in [0.15, 0.2) is 54.7 Å². The van der Waals surface area contributed by atoms with Gasteiger partial charge in [0.2, 0.25) is 17.7 Å². The summed E-state index contributed by atoms with van der Waals surface area (Å²) in [7, 11) is 6.92. The number of likely N-dealkylation sites (N-methyl/N-ethyl adjacent to an activating group) is 2. The number of amides is 4. The molecule has 3 aliphatic heterocycles. The van der Waals surface area contributed by atoms with Crippen molar-refractivity contribution < 1.29 is 38.6 Å². The molecule has 0 saturated carbocycles. The quantitative estimate of drug-likeness (QED) is 0.165. The van der Waals surface area contributed by atoms with E-state index in [4.69, 9.17) is 14.5 Å². The fourth-order valence-electron chi connectivity index (χ4n) is 10.2. The Balaban J connectivity index is 1.29. The molecule has 3 aliphatic rings. The molecule has 5 atom stereocenters. The summed E-state index contributed by atoms with van der Waals surface area (Å²) in [6.07, 6.45) is 3.46. The van der Waals surface area contributed by atoms with Crippen molar-refractivity contribution in [3.63, 3.8) is 0 Å². The number of benzene rings is 2. The van der Waals surface area contributed by atoms with E-state index in [2.05, 4.69) is 54.3 Å². The lowest BCUT2D eigenvalue weighted by molar-refractivity contribution is -0.155. The molecule has 2 aromatic heterocycles. The second kappa shape index (κ2) is 20.8. The van der Waals surface area contributed by atoms with E-state index in [-0.39, 0.29) is 62.2 Å². The van der Waals surface area contributed by atoms with E-state index in [9.17, 15) is 29.1 Å². The zero-order chi connectivity index (χ0) is 49.2. The molecule has 4 amide bonds. The maximum atomic E-state index is 14.8. The van der Waals surface area contributed by atoms with Crippen LogP contribution in [-0.2, 0) is 52.8 Å². The van der Waals surface area contributed by atoms with Crippen molar-refractivity contribution in [2.45, 2.75) is 104 Å². The molecule has 0 aliphatic carbocycles. The van der Waals surface area contributed by atoms with Crippen LogP contribution in [0.5, 0.6) is 5.75 Å². The van der Waals surface area contributed by atoms with E-state index >= 15 is 0 Å². The molecule has 16 nitrogen and oxygen atoms in total. The van der Waals surface area contributed by atoms with E-state index in [1.54, 1.807) is 42.3 Å². The van der Waals surface area contributed by atoms with Crippen LogP contribution < -0.4 is 10.7 Å². The first-order valence-electron chi connectivity index (χ1n) is 24.0. The SMILES string of the molecule is CCn1c(-c2cccnc2[C@H](C)OC)c2c3cc(ccc31)-c1cc(O)cc(c1)C[C@H](NC(=O)C(C(C)C)N(C)C(=O)[C@H]1CCN(C(=O)CN(C)C)C1)C(=O)N1CCC[C@H](N1)C(=O)OCC(C)(C)C2. The number of phenols is 1. The number of phenolic OH excluding ortho intramolecular Hbond substituents is 1. The lowest BCUT2D eigenvalue weighted by atomic mass is 9.84. The van der Waals surface area contributed by atoms with Crippen LogP contribution in [0.4, 0.5) is 0 Å². The number of aryl methyl sites for hydroxylation is 1. The van der Waals surface area contributed by atoms with Crippen LogP contribution in [0.3, 0.4) is 0 Å². The molecule has 2 fully saturated rings. The van der Waals surface area contributed by atoms with Gasteiger partial charge in [-0.05, 0) is 118 Å². The van der Waals surface area contributed by atoms with Crippen LogP contribution in [0.2, 0.25) is 0 Å². The molecule has 2 aromatic carbocycles. The predicted molar refractivity (Wildman–Crippen MR) is 260 cm³/mol. The number of hydrogen-bond acceptors (Lipinski definition) is 11. The average Bonchev–Trinajstić information content (AvgIpc) is 3.92. The topological polar surface area (TPSA) is 179 Å². The number of nitrogens with zero attached hydrogens (tertiary/aromatic N) is 6. The van der Waals surface area contributed by atoms with Gasteiger partial charge in [0.25, 0.3) is 5.91 Å². The number of cyclic esters (lactones) is 1. The molecule has 2 saturated heterocycles. The number of nitrogens with one attached hydrogen (secondary N) is 2. The Bertz CT molecular complexity index is 2540. The third kappa shape index (κ3) is 10.7. The minimum absolute atomic E-state index is 0.00712. The highest BCUT2D eigenvalue weighted by atomic mass is 16.5. The molecule has 5 heterocycles. The number of hydrazine groups is 1. The van der Waals surface area contributed by atoms with Gasteiger partial charge in [0.15, 0.2) is 0 Å². The lowest BCUT2D eigenvalue weighted by Crippen LogP contribution is -2.62. The lowest BCUT2D eigenvalue weighted by Gasteiger charge is -2.37. The highest BCUT2D eigenvalue weighted by Crippen LogP contribution is 2.42. The fourth-order valence-corrected chi connectivity index (χ4v) is 10.2. The van der Waals surface area contributed by atoms with Crippen LogP contribution in [-0.4, -0.2) is 143 Å². The molecule has 0 radical (unpaired) electrons. The van der Waals surface area contributed by atoms with Gasteiger partial charge in [0.1, 0.15) is 23.9 Å². The number of aromatic hydroxyl groups is 1. The third-order valence-electron chi connectivity index (χ3n) is 13.7. The second-order valence-electron chi connectivity index (χ2n) is 20.2. The van der Waals surface area contributed by atoms with E-state index in [1.165, 1.54) is 9.91 Å². The summed E-state index contributed by atoms with van der Waals surface area (Å²) in [5, 5.41) is 16.8. The first-order chi connectivity index (χ1) is 32.3. The Hall–Kier alpha value is -5.84. The van der Waals surface area contributed by atoms with Crippen molar-refractivity contribution in [3.05, 3.63) is 71.5 Å². The van der Waals surface area contributed by atoms with Gasteiger partial charge in [-0.2, -0.15) is 0 Å². The third-order valence-corrected chi connectivity index (χ3v) is 13.7. The Morgan fingerprint density at radius 2 is 1.79 bits per heavy atom. The summed E-state index contributed by atoms with van der Waals surface area (Å²) >= 11 is 0. The Kier molecular flexibility index (Phi) is 15.3. The number of carbonyl (C=O) groups excluding carboxylic acids is 5. The summed E-state index contributed by atoms with van der Waals surface area (Å²) in [6.45, 7) is 14.0. The van der Waals surface area contributed by atoms with Gasteiger partial charge in [-0.15, -0.1) is 0 Å². The number of pyridine rings is 1. The van der Waals surface area contributed by atoms with Gasteiger partial charge >= 0.3 is 5.97 Å². The highest BCUT2D eigenvalue weighted by Gasteiger charge is 2.40. The van der Waals surface area contributed by atoms with Crippen molar-refractivity contribution in [1.82, 2.24) is 40.0 Å². The smallest absolute Gasteiger partial charge is 0.324 e. The summed E-state index contributed by atoms with van der Waals surface area (Å²) in [5.41, 5.74) is 9.56. The maximum absolute atomic E-state index is 14.8. The van der Waals surface area contributed by atoms with Gasteiger partial charge < -0.3 is 39.2 Å². The van der Waals surface area contributed by atoms with Crippen molar-refractivity contribution in [2.24, 2.45) is 17.3 Å². The molecule has 0 spiro atoms. The number of hydrogen-bond donors (Lipinski definition) is 3. The summed E-state index contributed by atoms with van der Waals surface area (Å²) in [4.78, 5) is 79.9. The molecule has 16 heteroatoms. The molecule has 1 unspecified atom stereocenters. The molecular weight excluding hydrogens is 865 g/mol. The van der Waals surface area contributed by atoms with Crippen molar-refractivity contribution in [2.75, 3.05) is 61.0 Å². The van der Waals surface area contributed by atoms with Crippen LogP contribution in [0.1, 0.15) is 83.7 Å². The van der Waals surface area contributed by atoms with Crippen molar-refractivity contribution in [1.29, 1.82) is 0 Å². The minimum atomic E-state index is -1.16. The molecular formula is C52H70N8O8. The first kappa shape index (κ1) is 50.0. The van der Waals surface area contributed by atoms with Crippen LogP contribution >= 0.6 is 0 Å². The van der Waals surface area contributed by atoms with Gasteiger partial charge in [-0.25, -0.2) is 5.43 Å². The number of likely N-dealkylation sites (tertiary alicyclic amines) is 1. The fraction of sp³-hybridized carbons (Fsp3) is 0.538. The Morgan fingerprint density at radius 3 is 2.50 bits per heavy atom. The van der Waals surface area contributed by atoms with E-state index < -0.39 is 47.2 Å². The molecule has 366 valence electrons. The summed E-state index contributed by atoms with van der Waals surface area (Å²) in [6, 6.07) is 12.6. The highest BCUT2D eigenvalue weighted by molar-refractivity contribution is 5.96. The zero-order valence-electron chi connectivity index (χ0n) is 41.4. The monoisotopic (exact) mass is 935 g/mol. The van der Waals surface area contributed by atoms with Gasteiger partial charge in [-0.1, -0.05) is 39.8 Å². The van der Waals surface area contributed by atoms with E-state index in [1.807, 2.05) is 53.1 Å². The van der Waals surface area contributed by atoms with Crippen LogP contribution in [0.25, 0.3) is 33.3 Å². The van der Waals surface area contributed by atoms with Crippen molar-refractivity contribution >= 4 is 40.5 Å². The first-order valence-corrected chi connectivity index (χ1v) is 24.0. The Morgan fingerprint density at radius 1 is 1.03 bits per heavy atom. The van der Waals surface area contributed by atoms with E-state index in [0.29, 0.717) is 44.3 Å². The van der Waals surface area contributed by atoms with Crippen LogP contribution in [0, 0.1) is 17.3 Å². The predicted octanol–water partition coefficient (Wildman–Crippen LogP) is 5.34. The number of methoxy groups -OCH3 is 1. The molecule has 68 heavy (non-hydrogen) atoms. The molecule has 7 rings (SSSR count). The minimum Gasteiger partial charge on any atom is -0.508 e. The summed E-state index contributed by atoms with van der Waals surface area (Å²) in [5.74, 6) is -2.60. The summed E-state index contributed by atoms with van der Waals surface area (Å²) < 4.78 is 14.2. The second-order valence-corrected chi connectivity index (χ2v) is 20.2. The number of ether oxygens (including phenoxy) is 2. The molecule has 4 aromatic rings. The number of esters is 1. The standard InChI is InChI=1S/C52H70N8O8/c1-11-59-43-17-16-34-26-39(43)40(47(59)38-14-12-19-53-45(38)32(4)67-10)27-52(5,6)30-68-51(66)41-15-13-20-60(55-41)50(65)42(24-33-22-36(34)25-37(61)23-33)54-48(63)46(31(2)3)57(9)49(64)35-18-21-58(28-35)44(62)29-56(7)8/h12,14,16-17,19,22-23,25-26,31-32,35,41-42,46,55,61H,11,13,15,18,20-21,24,27-30H2,1-10H3,(H,54,63)/t32-,35-,41-,42-,46?/m0/s1. The van der Waals surface area contributed by atoms with E-state index in [0.717, 1.165) is 44.5 Å². The van der Waals surface area contributed by atoms with Gasteiger partial charge in [0.05, 0.1) is 36.6 Å². The number of aromatic nitrogens is 2. The zero-order valence-corrected chi connectivity index (χ0v) is 41.4. The van der Waals surface area contributed by atoms with Crippen molar-refractivity contribution in [3.8, 4) is 28.1 Å². The largest absolute Gasteiger partial charge is 0.508 e. The maximum Gasteiger partial charge on any atom is 0.324 e. The number of fused-ring (bicyclic) bond motifs is 6. The average molecular weight is 935 g/mol.